The van der Waals surface area contributed by atoms with Gasteiger partial charge in [0.2, 0.25) is 0 Å². The van der Waals surface area contributed by atoms with Gasteiger partial charge in [0.1, 0.15) is 5.78 Å². The van der Waals surface area contributed by atoms with Gasteiger partial charge in [0.05, 0.1) is 19.4 Å². The summed E-state index contributed by atoms with van der Waals surface area (Å²) in [6, 6.07) is 0. The largest absolute Gasteiger partial charge is 0.380 e. The van der Waals surface area contributed by atoms with Crippen LogP contribution in [0.5, 0.6) is 0 Å². The number of nitrogens with zero attached hydrogens (tertiary/aromatic N) is 2. The summed E-state index contributed by atoms with van der Waals surface area (Å²) < 4.78 is 7.09. The number of carbonyl (C=O) groups excluding carboxylic acids is 1. The highest BCUT2D eigenvalue weighted by Crippen LogP contribution is 2.16. The van der Waals surface area contributed by atoms with Crippen LogP contribution in [0.15, 0.2) is 12.4 Å². The molecule has 15 heavy (non-hydrogen) atoms. The van der Waals surface area contributed by atoms with E-state index in [1.54, 1.807) is 4.68 Å². The lowest BCUT2D eigenvalue weighted by atomic mass is 9.94. The Kier molecular flexibility index (Phi) is 3.16. The Labute approximate surface area is 89.2 Å². The number of ketones is 1. The topological polar surface area (TPSA) is 44.1 Å². The molecule has 2 rings (SSSR count). The first-order chi connectivity index (χ1) is 7.25. The van der Waals surface area contributed by atoms with Gasteiger partial charge >= 0.3 is 0 Å². The Morgan fingerprint density at radius 1 is 1.67 bits per heavy atom. The Hall–Kier alpha value is -1.16. The van der Waals surface area contributed by atoms with Crippen molar-refractivity contribution in [3.63, 3.8) is 0 Å². The van der Waals surface area contributed by atoms with Crippen molar-refractivity contribution < 1.29 is 9.53 Å². The van der Waals surface area contributed by atoms with Crippen LogP contribution in [0.3, 0.4) is 0 Å². The Morgan fingerprint density at radius 2 is 2.53 bits per heavy atom. The van der Waals surface area contributed by atoms with Crippen LogP contribution in [0, 0.1) is 5.92 Å². The van der Waals surface area contributed by atoms with Crippen LogP contribution < -0.4 is 0 Å². The van der Waals surface area contributed by atoms with Gasteiger partial charge in [-0.3, -0.25) is 9.48 Å². The van der Waals surface area contributed by atoms with Crippen molar-refractivity contribution in [2.45, 2.75) is 19.3 Å². The molecule has 0 amide bonds. The summed E-state index contributed by atoms with van der Waals surface area (Å²) in [6.07, 6.45) is 6.22. The van der Waals surface area contributed by atoms with Crippen molar-refractivity contribution in [1.82, 2.24) is 9.78 Å². The fourth-order valence-electron chi connectivity index (χ4n) is 1.88. The second-order valence-corrected chi connectivity index (χ2v) is 4.05. The van der Waals surface area contributed by atoms with Gasteiger partial charge in [0.25, 0.3) is 0 Å². The maximum absolute atomic E-state index is 11.5. The predicted octanol–water partition coefficient (Wildman–Crippen LogP) is 0.958. The van der Waals surface area contributed by atoms with Crippen molar-refractivity contribution >= 4 is 5.78 Å². The standard InChI is InChI=1S/C11H16N2O2/c1-13-7-9(6-12-13)2-3-10-8-15-5-4-11(10)14/h6-7,10H,2-5,8H2,1H3. The molecule has 0 saturated carbocycles. The summed E-state index contributed by atoms with van der Waals surface area (Å²) in [5.41, 5.74) is 1.19. The molecule has 4 nitrogen and oxygen atoms in total. The molecule has 1 fully saturated rings. The molecule has 0 bridgehead atoms. The second-order valence-electron chi connectivity index (χ2n) is 4.05. The first-order valence-corrected chi connectivity index (χ1v) is 5.33. The molecular weight excluding hydrogens is 192 g/mol. The van der Waals surface area contributed by atoms with Crippen molar-refractivity contribution in [1.29, 1.82) is 0 Å². The number of aryl methyl sites for hydroxylation is 2. The van der Waals surface area contributed by atoms with Gasteiger partial charge in [0, 0.05) is 25.6 Å². The predicted molar refractivity (Wildman–Crippen MR) is 55.5 cm³/mol. The molecule has 1 aromatic heterocycles. The molecular formula is C11H16N2O2. The van der Waals surface area contributed by atoms with Gasteiger partial charge in [-0.15, -0.1) is 0 Å². The lowest BCUT2D eigenvalue weighted by Crippen LogP contribution is -2.27. The van der Waals surface area contributed by atoms with Gasteiger partial charge < -0.3 is 4.74 Å². The van der Waals surface area contributed by atoms with E-state index in [1.165, 1.54) is 5.56 Å². The van der Waals surface area contributed by atoms with Gasteiger partial charge in [-0.1, -0.05) is 0 Å². The van der Waals surface area contributed by atoms with Crippen molar-refractivity contribution in [2.24, 2.45) is 13.0 Å². The SMILES string of the molecule is Cn1cc(CCC2COCCC2=O)cn1. The molecule has 4 heteroatoms. The molecule has 2 heterocycles. The summed E-state index contributed by atoms with van der Waals surface area (Å²) in [6.45, 7) is 1.20. The van der Waals surface area contributed by atoms with Crippen LogP contribution in [0.2, 0.25) is 0 Å². The van der Waals surface area contributed by atoms with Crippen molar-refractivity contribution in [2.75, 3.05) is 13.2 Å². The van der Waals surface area contributed by atoms with E-state index in [0.717, 1.165) is 12.8 Å². The van der Waals surface area contributed by atoms with Gasteiger partial charge in [-0.2, -0.15) is 5.10 Å². The van der Waals surface area contributed by atoms with Crippen LogP contribution in [0.4, 0.5) is 0 Å². The molecule has 0 spiro atoms. The van der Waals surface area contributed by atoms with Crippen LogP contribution in [0.1, 0.15) is 18.4 Å². The monoisotopic (exact) mass is 208 g/mol. The summed E-state index contributed by atoms with van der Waals surface area (Å²) in [5.74, 6) is 0.448. The fourth-order valence-corrected chi connectivity index (χ4v) is 1.88. The Morgan fingerprint density at radius 3 is 3.20 bits per heavy atom. The highest BCUT2D eigenvalue weighted by molar-refractivity contribution is 5.81. The normalized spacial score (nSPS) is 21.9. The number of rotatable bonds is 3. The van der Waals surface area contributed by atoms with Crippen LogP contribution in [-0.2, 0) is 23.0 Å². The number of hydrogen-bond acceptors (Lipinski definition) is 3. The minimum absolute atomic E-state index is 0.0963. The second kappa shape index (κ2) is 4.57. The van der Waals surface area contributed by atoms with Crippen molar-refractivity contribution in [3.8, 4) is 0 Å². The molecule has 1 saturated heterocycles. The number of Topliss-reactive ketones (excluding diaryl/α,β-unsaturated/α-hetero) is 1. The van der Waals surface area contributed by atoms with E-state index in [4.69, 9.17) is 4.74 Å². The molecule has 0 aromatic carbocycles. The summed E-state index contributed by atoms with van der Waals surface area (Å²) in [5, 5.41) is 4.10. The minimum atomic E-state index is 0.0963. The molecule has 82 valence electrons. The van der Waals surface area contributed by atoms with E-state index < -0.39 is 0 Å². The molecule has 0 aliphatic carbocycles. The van der Waals surface area contributed by atoms with Crippen molar-refractivity contribution in [3.05, 3.63) is 18.0 Å². The first-order valence-electron chi connectivity index (χ1n) is 5.33. The van der Waals surface area contributed by atoms with Crippen LogP contribution in [-0.4, -0.2) is 28.8 Å². The number of aromatic nitrogens is 2. The molecule has 0 N–H and O–H groups in total. The Bertz CT molecular complexity index is 346. The fraction of sp³-hybridized carbons (Fsp3) is 0.636. The van der Waals surface area contributed by atoms with E-state index in [9.17, 15) is 4.79 Å². The molecule has 1 aliphatic rings. The van der Waals surface area contributed by atoms with E-state index in [2.05, 4.69) is 5.10 Å². The third-order valence-electron chi connectivity index (χ3n) is 2.81. The first kappa shape index (κ1) is 10.4. The van der Waals surface area contributed by atoms with Crippen LogP contribution in [0.25, 0.3) is 0 Å². The zero-order valence-corrected chi connectivity index (χ0v) is 8.98. The number of hydrogen-bond donors (Lipinski definition) is 0. The smallest absolute Gasteiger partial charge is 0.140 e. The minimum Gasteiger partial charge on any atom is -0.380 e. The van der Waals surface area contributed by atoms with E-state index in [0.29, 0.717) is 25.4 Å². The van der Waals surface area contributed by atoms with Gasteiger partial charge in [-0.25, -0.2) is 0 Å². The lowest BCUT2D eigenvalue weighted by Gasteiger charge is -2.20. The third-order valence-corrected chi connectivity index (χ3v) is 2.81. The average Bonchev–Trinajstić information content (AvgIpc) is 2.63. The summed E-state index contributed by atoms with van der Waals surface area (Å²) >= 11 is 0. The van der Waals surface area contributed by atoms with Gasteiger partial charge in [-0.05, 0) is 18.4 Å². The zero-order chi connectivity index (χ0) is 10.7. The maximum Gasteiger partial charge on any atom is 0.140 e. The molecule has 0 radical (unpaired) electrons. The average molecular weight is 208 g/mol. The van der Waals surface area contributed by atoms with Gasteiger partial charge in [0.15, 0.2) is 0 Å². The van der Waals surface area contributed by atoms with E-state index >= 15 is 0 Å². The Balaban J connectivity index is 1.84. The molecule has 1 unspecified atom stereocenters. The lowest BCUT2D eigenvalue weighted by molar-refractivity contribution is -0.130. The third kappa shape index (κ3) is 2.65. The number of carbonyl (C=O) groups is 1. The maximum atomic E-state index is 11.5. The summed E-state index contributed by atoms with van der Waals surface area (Å²) in [7, 11) is 1.90. The van der Waals surface area contributed by atoms with E-state index in [1.807, 2.05) is 19.4 Å². The summed E-state index contributed by atoms with van der Waals surface area (Å²) in [4.78, 5) is 11.5. The molecule has 1 aromatic rings. The quantitative estimate of drug-likeness (QED) is 0.743. The van der Waals surface area contributed by atoms with E-state index in [-0.39, 0.29) is 5.92 Å². The zero-order valence-electron chi connectivity index (χ0n) is 8.98. The molecule has 1 aliphatic heterocycles. The number of ether oxygens (including phenoxy) is 1. The van der Waals surface area contributed by atoms with Crippen LogP contribution >= 0.6 is 0 Å². The molecule has 1 atom stereocenters. The highest BCUT2D eigenvalue weighted by atomic mass is 16.5. The highest BCUT2D eigenvalue weighted by Gasteiger charge is 2.22.